The minimum absolute atomic E-state index is 0.514. The fraction of sp³-hybridized carbons (Fsp3) is 0. The quantitative estimate of drug-likeness (QED) is 0.563. The van der Waals surface area contributed by atoms with Gasteiger partial charge < -0.3 is 4.74 Å². The number of rotatable bonds is 2. The predicted octanol–water partition coefficient (Wildman–Crippen LogP) is 3.09. The highest BCUT2D eigenvalue weighted by Gasteiger charge is 1.99. The molecular formula is C14H11O2. The molecule has 0 unspecified atom stereocenters. The molecule has 2 rings (SSSR count). The van der Waals surface area contributed by atoms with Gasteiger partial charge in [0, 0.05) is 0 Å². The van der Waals surface area contributed by atoms with Gasteiger partial charge in [0.25, 0.3) is 0 Å². The van der Waals surface area contributed by atoms with E-state index in [1.165, 1.54) is 0 Å². The summed E-state index contributed by atoms with van der Waals surface area (Å²) >= 11 is 0. The summed E-state index contributed by atoms with van der Waals surface area (Å²) in [6.07, 6.45) is 0. The van der Waals surface area contributed by atoms with Gasteiger partial charge in [0.05, 0.1) is 6.92 Å². The third-order valence-corrected chi connectivity index (χ3v) is 2.19. The van der Waals surface area contributed by atoms with E-state index < -0.39 is 5.97 Å². The molecule has 0 saturated heterocycles. The van der Waals surface area contributed by atoms with Crippen molar-refractivity contribution in [1.82, 2.24) is 0 Å². The van der Waals surface area contributed by atoms with E-state index in [1.807, 2.05) is 42.5 Å². The molecule has 1 radical (unpaired) electrons. The molecule has 0 fully saturated rings. The molecule has 0 bridgehead atoms. The third kappa shape index (κ3) is 2.48. The maximum absolute atomic E-state index is 10.6. The average molecular weight is 211 g/mol. The van der Waals surface area contributed by atoms with Crippen LogP contribution in [0.1, 0.15) is 0 Å². The van der Waals surface area contributed by atoms with Crippen LogP contribution in [0.15, 0.2) is 54.6 Å². The van der Waals surface area contributed by atoms with E-state index in [2.05, 4.69) is 6.92 Å². The van der Waals surface area contributed by atoms with E-state index in [4.69, 9.17) is 4.74 Å². The van der Waals surface area contributed by atoms with Crippen LogP contribution < -0.4 is 4.74 Å². The van der Waals surface area contributed by atoms with Crippen molar-refractivity contribution in [2.75, 3.05) is 0 Å². The molecule has 2 heteroatoms. The standard InChI is InChI=1S/C14H11O2/c1-11(15)16-14-9-7-13(8-10-14)12-5-3-2-4-6-12/h2-10H,1H2. The van der Waals surface area contributed by atoms with Gasteiger partial charge in [0.15, 0.2) is 0 Å². The molecule has 2 nitrogen and oxygen atoms in total. The molecule has 2 aromatic rings. The molecule has 79 valence electrons. The van der Waals surface area contributed by atoms with Crippen LogP contribution in [0.4, 0.5) is 0 Å². The van der Waals surface area contributed by atoms with Gasteiger partial charge in [-0.1, -0.05) is 42.5 Å². The molecule has 0 aliphatic heterocycles. The van der Waals surface area contributed by atoms with Gasteiger partial charge >= 0.3 is 5.97 Å². The van der Waals surface area contributed by atoms with Crippen molar-refractivity contribution < 1.29 is 9.53 Å². The van der Waals surface area contributed by atoms with Crippen molar-refractivity contribution in [3.05, 3.63) is 61.5 Å². The summed E-state index contributed by atoms with van der Waals surface area (Å²) in [5.74, 6) is -0.0351. The van der Waals surface area contributed by atoms with Gasteiger partial charge in [-0.25, -0.2) is 0 Å². The Kier molecular flexibility index (Phi) is 3.01. The number of hydrogen-bond acceptors (Lipinski definition) is 2. The van der Waals surface area contributed by atoms with Gasteiger partial charge in [0.2, 0.25) is 0 Å². The predicted molar refractivity (Wildman–Crippen MR) is 62.9 cm³/mol. The Morgan fingerprint density at radius 2 is 1.44 bits per heavy atom. The molecule has 0 atom stereocenters. The van der Waals surface area contributed by atoms with Gasteiger partial charge in [-0.05, 0) is 23.3 Å². The summed E-state index contributed by atoms with van der Waals surface area (Å²) in [5, 5.41) is 0. The number of ether oxygens (including phenoxy) is 1. The number of carbonyl (C=O) groups is 1. The van der Waals surface area contributed by atoms with Gasteiger partial charge in [0.1, 0.15) is 5.75 Å². The third-order valence-electron chi connectivity index (χ3n) is 2.19. The van der Waals surface area contributed by atoms with E-state index in [-0.39, 0.29) is 0 Å². The lowest BCUT2D eigenvalue weighted by Gasteiger charge is -2.03. The van der Waals surface area contributed by atoms with Gasteiger partial charge in [-0.2, -0.15) is 0 Å². The number of benzene rings is 2. The summed E-state index contributed by atoms with van der Waals surface area (Å²) in [7, 11) is 0. The number of hydrogen-bond donors (Lipinski definition) is 0. The molecule has 0 aromatic heterocycles. The van der Waals surface area contributed by atoms with E-state index in [9.17, 15) is 4.79 Å². The van der Waals surface area contributed by atoms with Crippen LogP contribution in [-0.2, 0) is 4.79 Å². The van der Waals surface area contributed by atoms with Gasteiger partial charge in [-0.15, -0.1) is 0 Å². The lowest BCUT2D eigenvalue weighted by molar-refractivity contribution is -0.129. The minimum atomic E-state index is -0.549. The highest BCUT2D eigenvalue weighted by Crippen LogP contribution is 2.21. The minimum Gasteiger partial charge on any atom is -0.427 e. The summed E-state index contributed by atoms with van der Waals surface area (Å²) < 4.78 is 4.86. The van der Waals surface area contributed by atoms with Crippen LogP contribution in [0, 0.1) is 6.92 Å². The van der Waals surface area contributed by atoms with Crippen LogP contribution in [0.25, 0.3) is 11.1 Å². The lowest BCUT2D eigenvalue weighted by atomic mass is 10.1. The second-order valence-electron chi connectivity index (χ2n) is 3.36. The van der Waals surface area contributed by atoms with Crippen molar-refractivity contribution in [2.24, 2.45) is 0 Å². The average Bonchev–Trinajstić information content (AvgIpc) is 2.30. The Bertz CT molecular complexity index is 472. The zero-order valence-electron chi connectivity index (χ0n) is 8.72. The SMILES string of the molecule is [CH2]C(=O)Oc1ccc(-c2ccccc2)cc1. The van der Waals surface area contributed by atoms with Crippen molar-refractivity contribution in [3.63, 3.8) is 0 Å². The molecule has 2 aromatic carbocycles. The van der Waals surface area contributed by atoms with Crippen LogP contribution in [0.3, 0.4) is 0 Å². The Morgan fingerprint density at radius 3 is 2.00 bits per heavy atom. The Morgan fingerprint density at radius 1 is 0.875 bits per heavy atom. The van der Waals surface area contributed by atoms with Crippen LogP contribution in [0.5, 0.6) is 5.75 Å². The first-order valence-corrected chi connectivity index (χ1v) is 4.95. The Hall–Kier alpha value is -2.09. The highest BCUT2D eigenvalue weighted by atomic mass is 16.5. The van der Waals surface area contributed by atoms with E-state index in [0.717, 1.165) is 11.1 Å². The summed E-state index contributed by atoms with van der Waals surface area (Å²) in [5.41, 5.74) is 2.22. The maximum Gasteiger partial charge on any atom is 0.311 e. The number of carbonyl (C=O) groups excluding carboxylic acids is 1. The van der Waals surface area contributed by atoms with Crippen molar-refractivity contribution >= 4 is 5.97 Å². The first-order chi connectivity index (χ1) is 7.75. The first-order valence-electron chi connectivity index (χ1n) is 4.95. The molecule has 0 spiro atoms. The van der Waals surface area contributed by atoms with Gasteiger partial charge in [-0.3, -0.25) is 4.79 Å². The van der Waals surface area contributed by atoms with E-state index >= 15 is 0 Å². The van der Waals surface area contributed by atoms with Crippen LogP contribution in [-0.4, -0.2) is 5.97 Å². The summed E-state index contributed by atoms with van der Waals surface area (Å²) in [4.78, 5) is 10.6. The van der Waals surface area contributed by atoms with Crippen LogP contribution >= 0.6 is 0 Å². The zero-order chi connectivity index (χ0) is 11.4. The molecule has 0 heterocycles. The lowest BCUT2D eigenvalue weighted by Crippen LogP contribution is -2.01. The fourth-order valence-corrected chi connectivity index (χ4v) is 1.48. The van der Waals surface area contributed by atoms with Crippen molar-refractivity contribution in [3.8, 4) is 16.9 Å². The molecule has 0 amide bonds. The molecular weight excluding hydrogens is 200 g/mol. The van der Waals surface area contributed by atoms with E-state index in [0.29, 0.717) is 5.75 Å². The van der Waals surface area contributed by atoms with E-state index in [1.54, 1.807) is 12.1 Å². The topological polar surface area (TPSA) is 26.3 Å². The fourth-order valence-electron chi connectivity index (χ4n) is 1.48. The molecule has 0 aliphatic rings. The highest BCUT2D eigenvalue weighted by molar-refractivity contribution is 5.76. The molecule has 16 heavy (non-hydrogen) atoms. The molecule has 0 N–H and O–H groups in total. The second-order valence-corrected chi connectivity index (χ2v) is 3.36. The summed E-state index contributed by atoms with van der Waals surface area (Å²) in [6, 6.07) is 17.3. The summed E-state index contributed by atoms with van der Waals surface area (Å²) in [6.45, 7) is 3.15. The monoisotopic (exact) mass is 211 g/mol. The normalized spacial score (nSPS) is 9.81. The molecule has 0 aliphatic carbocycles. The Labute approximate surface area is 94.5 Å². The largest absolute Gasteiger partial charge is 0.427 e. The second kappa shape index (κ2) is 4.62. The first kappa shape index (κ1) is 10.4. The molecule has 0 saturated carbocycles. The zero-order valence-corrected chi connectivity index (χ0v) is 8.72. The maximum atomic E-state index is 10.6. The van der Waals surface area contributed by atoms with Crippen molar-refractivity contribution in [1.29, 1.82) is 0 Å². The van der Waals surface area contributed by atoms with Crippen LogP contribution in [0.2, 0.25) is 0 Å². The smallest absolute Gasteiger partial charge is 0.311 e. The van der Waals surface area contributed by atoms with Crippen molar-refractivity contribution in [2.45, 2.75) is 0 Å². The Balaban J connectivity index is 2.23. The number of esters is 1.